The van der Waals surface area contributed by atoms with E-state index in [1.807, 2.05) is 36.6 Å². The Morgan fingerprint density at radius 1 is 1.00 bits per heavy atom. The van der Waals surface area contributed by atoms with Crippen LogP contribution in [0.3, 0.4) is 0 Å². The van der Waals surface area contributed by atoms with Crippen LogP contribution in [0.25, 0.3) is 16.9 Å². The van der Waals surface area contributed by atoms with Crippen LogP contribution in [-0.4, -0.2) is 49.0 Å². The lowest BCUT2D eigenvalue weighted by Gasteiger charge is -2.14. The highest BCUT2D eigenvalue weighted by atomic mass is 35.5. The summed E-state index contributed by atoms with van der Waals surface area (Å²) in [4.78, 5) is 5.07. The maximum absolute atomic E-state index is 6.69. The van der Waals surface area contributed by atoms with Crippen molar-refractivity contribution in [2.24, 2.45) is 10.1 Å². The zero-order valence-corrected chi connectivity index (χ0v) is 22.1. The monoisotopic (exact) mass is 531 g/mol. The smallest absolute Gasteiger partial charge is 0.205 e. The molecule has 0 unspecified atom stereocenters. The van der Waals surface area contributed by atoms with Gasteiger partial charge in [0.1, 0.15) is 5.15 Å². The summed E-state index contributed by atoms with van der Waals surface area (Å²) in [5.74, 6) is 1.60. The second-order valence-electron chi connectivity index (χ2n) is 7.28. The van der Waals surface area contributed by atoms with Gasteiger partial charge in [-0.15, -0.1) is 11.3 Å². The van der Waals surface area contributed by atoms with Crippen molar-refractivity contribution >= 4 is 40.8 Å². The van der Waals surface area contributed by atoms with Gasteiger partial charge in [-0.2, -0.15) is 10.2 Å². The van der Waals surface area contributed by atoms with Crippen molar-refractivity contribution in [1.82, 2.24) is 14.5 Å². The third kappa shape index (κ3) is 4.80. The Morgan fingerprint density at radius 3 is 2.23 bits per heavy atom. The summed E-state index contributed by atoms with van der Waals surface area (Å²) >= 11 is 14.2. The number of aryl methyl sites for hydroxylation is 1. The molecule has 0 N–H and O–H groups in total. The van der Waals surface area contributed by atoms with E-state index in [-0.39, 0.29) is 0 Å². The third-order valence-electron chi connectivity index (χ3n) is 5.26. The zero-order chi connectivity index (χ0) is 25.1. The summed E-state index contributed by atoms with van der Waals surface area (Å²) in [7, 11) is 6.45. The van der Waals surface area contributed by atoms with Gasteiger partial charge in [0.15, 0.2) is 11.5 Å². The maximum Gasteiger partial charge on any atom is 0.205 e. The number of methoxy groups -OCH3 is 3. The Morgan fingerprint density at radius 2 is 1.66 bits per heavy atom. The SMILES string of the molecule is CN=c1scc(-c2cc(OC)c(OC)c(OC)c2)n1N=Cc1c(C)nn(-c2ccc(Cl)cc2)c1Cl. The van der Waals surface area contributed by atoms with Crippen molar-refractivity contribution in [1.29, 1.82) is 0 Å². The second kappa shape index (κ2) is 10.6. The van der Waals surface area contributed by atoms with Crippen molar-refractivity contribution in [3.8, 4) is 34.2 Å². The molecule has 0 spiro atoms. The molecule has 0 fully saturated rings. The van der Waals surface area contributed by atoms with Gasteiger partial charge < -0.3 is 14.2 Å². The molecule has 0 amide bonds. The van der Waals surface area contributed by atoms with E-state index in [9.17, 15) is 0 Å². The number of thiazole rings is 1. The van der Waals surface area contributed by atoms with Gasteiger partial charge in [-0.05, 0) is 43.3 Å². The molecule has 35 heavy (non-hydrogen) atoms. The molecule has 2 aromatic heterocycles. The van der Waals surface area contributed by atoms with Gasteiger partial charge >= 0.3 is 0 Å². The highest BCUT2D eigenvalue weighted by Crippen LogP contribution is 2.41. The van der Waals surface area contributed by atoms with E-state index in [2.05, 4.69) is 10.1 Å². The number of ether oxygens (including phenoxy) is 3. The molecule has 0 aliphatic heterocycles. The van der Waals surface area contributed by atoms with Gasteiger partial charge in [-0.1, -0.05) is 23.2 Å². The first kappa shape index (κ1) is 24.8. The molecule has 2 heterocycles. The molecular formula is C24H23Cl2N5O3S. The van der Waals surface area contributed by atoms with Crippen LogP contribution in [0.4, 0.5) is 0 Å². The minimum Gasteiger partial charge on any atom is -0.493 e. The first-order chi connectivity index (χ1) is 16.9. The number of hydrogen-bond donors (Lipinski definition) is 0. The lowest BCUT2D eigenvalue weighted by molar-refractivity contribution is 0.324. The normalized spacial score (nSPS) is 11.9. The van der Waals surface area contributed by atoms with E-state index in [4.69, 9.17) is 42.5 Å². The van der Waals surface area contributed by atoms with Crippen LogP contribution in [0.5, 0.6) is 17.2 Å². The fourth-order valence-electron chi connectivity index (χ4n) is 3.52. The average molecular weight is 532 g/mol. The Bertz CT molecular complexity index is 1430. The minimum absolute atomic E-state index is 0.439. The average Bonchev–Trinajstić information content (AvgIpc) is 3.41. The highest BCUT2D eigenvalue weighted by molar-refractivity contribution is 7.07. The summed E-state index contributed by atoms with van der Waals surface area (Å²) < 4.78 is 19.9. The molecule has 11 heteroatoms. The summed E-state index contributed by atoms with van der Waals surface area (Å²) in [6.45, 7) is 1.88. The van der Waals surface area contributed by atoms with Crippen molar-refractivity contribution in [3.05, 3.63) is 68.0 Å². The van der Waals surface area contributed by atoms with Crippen LogP contribution < -0.4 is 19.0 Å². The van der Waals surface area contributed by atoms with Crippen LogP contribution in [0, 0.1) is 6.92 Å². The van der Waals surface area contributed by atoms with Gasteiger partial charge in [0.25, 0.3) is 0 Å². The Balaban J connectivity index is 1.80. The molecule has 8 nitrogen and oxygen atoms in total. The van der Waals surface area contributed by atoms with E-state index in [0.717, 1.165) is 22.6 Å². The molecule has 0 saturated heterocycles. The van der Waals surface area contributed by atoms with Crippen molar-refractivity contribution in [2.45, 2.75) is 6.92 Å². The van der Waals surface area contributed by atoms with E-state index in [1.165, 1.54) is 11.3 Å². The topological polar surface area (TPSA) is 75.2 Å². The van der Waals surface area contributed by atoms with Crippen LogP contribution in [-0.2, 0) is 0 Å². The van der Waals surface area contributed by atoms with Gasteiger partial charge in [0.05, 0.1) is 50.2 Å². The molecule has 182 valence electrons. The van der Waals surface area contributed by atoms with Crippen LogP contribution in [0.15, 0.2) is 51.9 Å². The predicted octanol–water partition coefficient (Wildman–Crippen LogP) is 5.46. The number of rotatable bonds is 7. The number of benzene rings is 2. The van der Waals surface area contributed by atoms with Gasteiger partial charge in [-0.3, -0.25) is 4.99 Å². The van der Waals surface area contributed by atoms with Crippen molar-refractivity contribution < 1.29 is 14.2 Å². The molecule has 0 radical (unpaired) electrons. The van der Waals surface area contributed by atoms with Gasteiger partial charge in [0, 0.05) is 23.0 Å². The van der Waals surface area contributed by atoms with Crippen LogP contribution >= 0.6 is 34.5 Å². The molecule has 0 bridgehead atoms. The quantitative estimate of drug-likeness (QED) is 0.297. The largest absolute Gasteiger partial charge is 0.493 e. The zero-order valence-electron chi connectivity index (χ0n) is 19.7. The predicted molar refractivity (Wildman–Crippen MR) is 140 cm³/mol. The molecule has 4 aromatic rings. The number of halogens is 2. The third-order valence-corrected chi connectivity index (χ3v) is 6.78. The maximum atomic E-state index is 6.69. The summed E-state index contributed by atoms with van der Waals surface area (Å²) in [5.41, 5.74) is 3.84. The first-order valence-electron chi connectivity index (χ1n) is 10.4. The van der Waals surface area contributed by atoms with Crippen molar-refractivity contribution in [2.75, 3.05) is 28.4 Å². The summed E-state index contributed by atoms with van der Waals surface area (Å²) in [5, 5.41) is 12.3. The lowest BCUT2D eigenvalue weighted by atomic mass is 10.1. The number of nitrogens with zero attached hydrogens (tertiary/aromatic N) is 5. The fraction of sp³-hybridized carbons (Fsp3) is 0.208. The van der Waals surface area contributed by atoms with E-state index in [0.29, 0.717) is 37.8 Å². The molecule has 4 rings (SSSR count). The second-order valence-corrected chi connectivity index (χ2v) is 8.91. The van der Waals surface area contributed by atoms with Crippen LogP contribution in [0.2, 0.25) is 10.2 Å². The van der Waals surface area contributed by atoms with E-state index < -0.39 is 0 Å². The standard InChI is InChI=1S/C24H23Cl2N5O3S/c1-14-18(23(26)30(29-14)17-8-6-16(25)7-9-17)12-28-31-19(13-35-24(31)27-2)15-10-20(32-3)22(34-5)21(11-15)33-4/h6-13H,1-5H3. The molecule has 0 aliphatic carbocycles. The van der Waals surface area contributed by atoms with Gasteiger partial charge in [0.2, 0.25) is 10.6 Å². The van der Waals surface area contributed by atoms with E-state index >= 15 is 0 Å². The van der Waals surface area contributed by atoms with Crippen molar-refractivity contribution in [3.63, 3.8) is 0 Å². The minimum atomic E-state index is 0.439. The Labute approximate surface area is 216 Å². The van der Waals surface area contributed by atoms with Crippen LogP contribution in [0.1, 0.15) is 11.3 Å². The Kier molecular flexibility index (Phi) is 7.49. The molecular weight excluding hydrogens is 509 g/mol. The first-order valence-corrected chi connectivity index (χ1v) is 12.0. The highest BCUT2D eigenvalue weighted by Gasteiger charge is 2.18. The molecule has 0 saturated carbocycles. The number of aromatic nitrogens is 3. The Hall–Kier alpha value is -3.27. The summed E-state index contributed by atoms with van der Waals surface area (Å²) in [6.07, 6.45) is 1.68. The fourth-order valence-corrected chi connectivity index (χ4v) is 4.77. The number of hydrogen-bond acceptors (Lipinski definition) is 7. The van der Waals surface area contributed by atoms with Gasteiger partial charge in [-0.25, -0.2) is 9.36 Å². The summed E-state index contributed by atoms with van der Waals surface area (Å²) in [6, 6.07) is 11.0. The lowest BCUT2D eigenvalue weighted by Crippen LogP contribution is -2.11. The molecule has 0 atom stereocenters. The molecule has 0 aliphatic rings. The van der Waals surface area contributed by atoms with E-state index in [1.54, 1.807) is 56.1 Å². The molecule has 2 aromatic carbocycles.